The molecule has 0 saturated carbocycles. The number of aryl methyl sites for hydroxylation is 1. The summed E-state index contributed by atoms with van der Waals surface area (Å²) in [6.07, 6.45) is 4.75. The van der Waals surface area contributed by atoms with Crippen molar-refractivity contribution in [2.24, 2.45) is 0 Å². The molecule has 0 amide bonds. The van der Waals surface area contributed by atoms with Gasteiger partial charge in [-0.15, -0.1) is 11.8 Å². The molecular formula is C21H23N3OS. The van der Waals surface area contributed by atoms with Crippen molar-refractivity contribution in [2.45, 2.75) is 30.0 Å². The number of aromatic amines is 1. The third-order valence-corrected chi connectivity index (χ3v) is 6.12. The van der Waals surface area contributed by atoms with Gasteiger partial charge in [0.15, 0.2) is 0 Å². The third kappa shape index (κ3) is 3.44. The molecule has 5 heteroatoms. The Morgan fingerprint density at radius 2 is 2.15 bits per heavy atom. The van der Waals surface area contributed by atoms with Crippen LogP contribution in [-0.4, -0.2) is 23.6 Å². The third-order valence-electron chi connectivity index (χ3n) is 4.77. The molecule has 0 radical (unpaired) electrons. The molecule has 1 aromatic heterocycles. The van der Waals surface area contributed by atoms with Crippen LogP contribution in [0.1, 0.15) is 28.6 Å². The monoisotopic (exact) mass is 365 g/mol. The number of hydrogen-bond acceptors (Lipinski definition) is 4. The van der Waals surface area contributed by atoms with Gasteiger partial charge < -0.3 is 14.6 Å². The summed E-state index contributed by atoms with van der Waals surface area (Å²) in [5.74, 6) is 1.97. The van der Waals surface area contributed by atoms with E-state index in [4.69, 9.17) is 4.74 Å². The summed E-state index contributed by atoms with van der Waals surface area (Å²) in [5.41, 5.74) is 3.84. The zero-order valence-corrected chi connectivity index (χ0v) is 15.9. The number of nitrogens with zero attached hydrogens (tertiary/aromatic N) is 2. The molecule has 0 spiro atoms. The topological polar surface area (TPSA) is 41.1 Å². The first-order valence-electron chi connectivity index (χ1n) is 8.88. The van der Waals surface area contributed by atoms with E-state index in [1.165, 1.54) is 21.7 Å². The Morgan fingerprint density at radius 3 is 2.96 bits per heavy atom. The van der Waals surface area contributed by atoms with Crippen LogP contribution in [0.2, 0.25) is 0 Å². The number of hydrogen-bond donors (Lipinski definition) is 1. The van der Waals surface area contributed by atoms with Crippen molar-refractivity contribution in [1.29, 1.82) is 0 Å². The molecule has 4 nitrogen and oxygen atoms in total. The van der Waals surface area contributed by atoms with Crippen LogP contribution in [0.3, 0.4) is 0 Å². The van der Waals surface area contributed by atoms with Gasteiger partial charge >= 0.3 is 0 Å². The minimum atomic E-state index is 0.369. The van der Waals surface area contributed by atoms with Crippen LogP contribution in [0.4, 0.5) is 5.69 Å². The number of thioether (sulfide) groups is 1. The zero-order valence-electron chi connectivity index (χ0n) is 15.1. The first kappa shape index (κ1) is 17.0. The van der Waals surface area contributed by atoms with Gasteiger partial charge in [0.05, 0.1) is 19.3 Å². The summed E-state index contributed by atoms with van der Waals surface area (Å²) in [5, 5.41) is 0.369. The average Bonchev–Trinajstić information content (AvgIpc) is 3.10. The molecule has 1 aliphatic rings. The summed E-state index contributed by atoms with van der Waals surface area (Å²) in [6, 6.07) is 15.1. The van der Waals surface area contributed by atoms with Gasteiger partial charge in [0.25, 0.3) is 0 Å². The molecule has 1 aliphatic heterocycles. The van der Waals surface area contributed by atoms with Crippen LogP contribution < -0.4 is 9.64 Å². The van der Waals surface area contributed by atoms with E-state index in [9.17, 15) is 0 Å². The molecule has 134 valence electrons. The predicted octanol–water partition coefficient (Wildman–Crippen LogP) is 4.97. The van der Waals surface area contributed by atoms with Crippen LogP contribution in [0, 0.1) is 6.92 Å². The maximum Gasteiger partial charge on any atom is 0.125 e. The molecule has 0 aliphatic carbocycles. The van der Waals surface area contributed by atoms with Crippen LogP contribution >= 0.6 is 11.8 Å². The lowest BCUT2D eigenvalue weighted by Gasteiger charge is -2.23. The molecule has 0 unspecified atom stereocenters. The number of H-pyrrole nitrogens is 1. The second-order valence-corrected chi connectivity index (χ2v) is 7.81. The van der Waals surface area contributed by atoms with Crippen molar-refractivity contribution < 1.29 is 4.74 Å². The number of para-hydroxylation sites is 1. The van der Waals surface area contributed by atoms with Gasteiger partial charge in [0, 0.05) is 34.6 Å². The zero-order chi connectivity index (χ0) is 17.9. The average molecular weight is 366 g/mol. The number of methoxy groups -OCH3 is 1. The van der Waals surface area contributed by atoms with Crippen molar-refractivity contribution in [3.8, 4) is 5.75 Å². The smallest absolute Gasteiger partial charge is 0.125 e. The van der Waals surface area contributed by atoms with E-state index in [1.54, 1.807) is 7.11 Å². The highest BCUT2D eigenvalue weighted by Crippen LogP contribution is 2.47. The van der Waals surface area contributed by atoms with Gasteiger partial charge in [-0.05, 0) is 37.1 Å². The Balaban J connectivity index is 1.69. The second kappa shape index (κ2) is 7.46. The standard InChI is InChI=1S/C21H23N3OS/c1-15-7-8-17-20(13-15)26-19(16-5-3-4-6-18(16)25-2)9-12-24(17)14-21-22-10-11-23-21/h3-8,10-11,13,19H,9,12,14H2,1-2H3,(H,22,23)/t19-/m0/s1. The number of anilines is 1. The van der Waals surface area contributed by atoms with E-state index in [1.807, 2.05) is 30.2 Å². The minimum absolute atomic E-state index is 0.369. The molecule has 2 heterocycles. The van der Waals surface area contributed by atoms with Gasteiger partial charge in [-0.3, -0.25) is 0 Å². The Labute approximate surface area is 158 Å². The van der Waals surface area contributed by atoms with Crippen LogP contribution in [0.25, 0.3) is 0 Å². The molecule has 26 heavy (non-hydrogen) atoms. The summed E-state index contributed by atoms with van der Waals surface area (Å²) in [7, 11) is 1.75. The molecule has 0 bridgehead atoms. The first-order valence-corrected chi connectivity index (χ1v) is 9.76. The summed E-state index contributed by atoms with van der Waals surface area (Å²) in [4.78, 5) is 11.4. The van der Waals surface area contributed by atoms with Crippen molar-refractivity contribution in [3.63, 3.8) is 0 Å². The minimum Gasteiger partial charge on any atom is -0.496 e. The number of aromatic nitrogens is 2. The van der Waals surface area contributed by atoms with Crippen molar-refractivity contribution in [2.75, 3.05) is 18.6 Å². The Bertz CT molecular complexity index is 879. The van der Waals surface area contributed by atoms with Crippen molar-refractivity contribution in [3.05, 3.63) is 71.8 Å². The van der Waals surface area contributed by atoms with Gasteiger partial charge in [0.1, 0.15) is 11.6 Å². The van der Waals surface area contributed by atoms with Gasteiger partial charge in [-0.2, -0.15) is 0 Å². The molecule has 1 N–H and O–H groups in total. The van der Waals surface area contributed by atoms with E-state index >= 15 is 0 Å². The van der Waals surface area contributed by atoms with Crippen LogP contribution in [0.15, 0.2) is 59.8 Å². The Kier molecular flexibility index (Phi) is 4.89. The molecule has 1 atom stereocenters. The summed E-state index contributed by atoms with van der Waals surface area (Å²) in [6.45, 7) is 3.93. The molecule has 0 saturated heterocycles. The lowest BCUT2D eigenvalue weighted by molar-refractivity contribution is 0.409. The van der Waals surface area contributed by atoms with Gasteiger partial charge in [-0.25, -0.2) is 4.98 Å². The van der Waals surface area contributed by atoms with E-state index in [0.717, 1.165) is 31.1 Å². The number of ether oxygens (including phenoxy) is 1. The maximum absolute atomic E-state index is 5.62. The Morgan fingerprint density at radius 1 is 1.27 bits per heavy atom. The first-order chi connectivity index (χ1) is 12.7. The molecular weight excluding hydrogens is 342 g/mol. The second-order valence-electron chi connectivity index (χ2n) is 6.57. The lowest BCUT2D eigenvalue weighted by atomic mass is 10.1. The molecule has 4 rings (SSSR count). The SMILES string of the molecule is COc1ccccc1[C@@H]1CCN(Cc2ncc[nH]2)c2ccc(C)cc2S1. The Hall–Kier alpha value is -2.40. The van der Waals surface area contributed by atoms with E-state index in [-0.39, 0.29) is 0 Å². The molecule has 0 fully saturated rings. The van der Waals surface area contributed by atoms with Crippen LogP contribution in [0.5, 0.6) is 5.75 Å². The van der Waals surface area contributed by atoms with E-state index < -0.39 is 0 Å². The summed E-state index contributed by atoms with van der Waals surface area (Å²) >= 11 is 1.94. The van der Waals surface area contributed by atoms with Gasteiger partial charge in [0.2, 0.25) is 0 Å². The van der Waals surface area contributed by atoms with Crippen LogP contribution in [-0.2, 0) is 6.54 Å². The number of benzene rings is 2. The summed E-state index contributed by atoms with van der Waals surface area (Å²) < 4.78 is 5.62. The number of rotatable bonds is 4. The maximum atomic E-state index is 5.62. The fourth-order valence-corrected chi connectivity index (χ4v) is 4.89. The number of fused-ring (bicyclic) bond motifs is 1. The van der Waals surface area contributed by atoms with Crippen molar-refractivity contribution >= 4 is 17.4 Å². The molecule has 2 aromatic carbocycles. The van der Waals surface area contributed by atoms with E-state index in [0.29, 0.717) is 5.25 Å². The molecule has 3 aromatic rings. The van der Waals surface area contributed by atoms with Gasteiger partial charge in [-0.1, -0.05) is 24.3 Å². The highest BCUT2D eigenvalue weighted by Gasteiger charge is 2.25. The number of nitrogens with one attached hydrogen (secondary N) is 1. The normalized spacial score (nSPS) is 16.8. The number of imidazole rings is 1. The lowest BCUT2D eigenvalue weighted by Crippen LogP contribution is -2.24. The largest absolute Gasteiger partial charge is 0.496 e. The van der Waals surface area contributed by atoms with Crippen molar-refractivity contribution in [1.82, 2.24) is 9.97 Å². The fraction of sp³-hybridized carbons (Fsp3) is 0.286. The predicted molar refractivity (Wildman–Crippen MR) is 107 cm³/mol. The fourth-order valence-electron chi connectivity index (χ4n) is 3.46. The highest BCUT2D eigenvalue weighted by atomic mass is 32.2. The van der Waals surface area contributed by atoms with E-state index in [2.05, 4.69) is 58.2 Å². The highest BCUT2D eigenvalue weighted by molar-refractivity contribution is 7.99. The quantitative estimate of drug-likeness (QED) is 0.709.